The van der Waals surface area contributed by atoms with E-state index in [-0.39, 0.29) is 10.2 Å². The van der Waals surface area contributed by atoms with E-state index in [1.54, 1.807) is 12.3 Å². The predicted molar refractivity (Wildman–Crippen MR) is 61.9 cm³/mol. The van der Waals surface area contributed by atoms with Gasteiger partial charge in [-0.05, 0) is 28.5 Å². The molecule has 2 heterocycles. The zero-order valence-electron chi connectivity index (χ0n) is 7.56. The van der Waals surface area contributed by atoms with Gasteiger partial charge in [0.25, 0.3) is 0 Å². The number of carbonyl (C=O) groups is 1. The second-order valence-electron chi connectivity index (χ2n) is 2.91. The van der Waals surface area contributed by atoms with Crippen LogP contribution >= 0.6 is 23.6 Å². The number of H-pyrrole nitrogens is 1. The summed E-state index contributed by atoms with van der Waals surface area (Å²) in [6.45, 7) is 0. The third-order valence-corrected chi connectivity index (χ3v) is 3.01. The molecule has 0 saturated heterocycles. The van der Waals surface area contributed by atoms with E-state index < -0.39 is 5.97 Å². The number of aromatic nitrogens is 1. The standard InChI is InChI=1S/C10H7NO2S2/c12-10(13)8-7(1-3-11-9(8)14)6-2-4-15-5-6/h1-5H,(H,11,14)(H,12,13). The van der Waals surface area contributed by atoms with Gasteiger partial charge in [0, 0.05) is 11.8 Å². The summed E-state index contributed by atoms with van der Waals surface area (Å²) < 4.78 is 0.256. The molecule has 0 fully saturated rings. The Balaban J connectivity index is 2.72. The third-order valence-electron chi connectivity index (χ3n) is 2.01. The maximum absolute atomic E-state index is 11.1. The molecule has 2 rings (SSSR count). The summed E-state index contributed by atoms with van der Waals surface area (Å²) in [5.41, 5.74) is 1.70. The zero-order chi connectivity index (χ0) is 10.8. The summed E-state index contributed by atoms with van der Waals surface area (Å²) in [6.07, 6.45) is 1.65. The van der Waals surface area contributed by atoms with Crippen molar-refractivity contribution < 1.29 is 9.90 Å². The second kappa shape index (κ2) is 3.96. The lowest BCUT2D eigenvalue weighted by atomic mass is 10.1. The van der Waals surface area contributed by atoms with Crippen LogP contribution in [0, 0.1) is 4.64 Å². The molecule has 5 heteroatoms. The number of pyridine rings is 1. The van der Waals surface area contributed by atoms with E-state index in [0.29, 0.717) is 5.56 Å². The first-order chi connectivity index (χ1) is 7.20. The molecule has 0 saturated carbocycles. The van der Waals surface area contributed by atoms with E-state index in [9.17, 15) is 4.79 Å². The number of rotatable bonds is 2. The number of hydrogen-bond donors (Lipinski definition) is 2. The van der Waals surface area contributed by atoms with Gasteiger partial charge in [0.05, 0.1) is 0 Å². The lowest BCUT2D eigenvalue weighted by molar-refractivity contribution is 0.0696. The maximum Gasteiger partial charge on any atom is 0.339 e. The molecule has 3 nitrogen and oxygen atoms in total. The normalized spacial score (nSPS) is 10.1. The van der Waals surface area contributed by atoms with E-state index in [0.717, 1.165) is 5.56 Å². The van der Waals surface area contributed by atoms with Gasteiger partial charge in [0.1, 0.15) is 10.2 Å². The van der Waals surface area contributed by atoms with Gasteiger partial charge in [-0.1, -0.05) is 12.2 Å². The van der Waals surface area contributed by atoms with Crippen molar-refractivity contribution in [1.82, 2.24) is 4.98 Å². The first-order valence-electron chi connectivity index (χ1n) is 4.17. The minimum Gasteiger partial charge on any atom is -0.478 e. The van der Waals surface area contributed by atoms with Crippen molar-refractivity contribution in [2.75, 3.05) is 0 Å². The first-order valence-corrected chi connectivity index (χ1v) is 5.53. The lowest BCUT2D eigenvalue weighted by Crippen LogP contribution is -2.01. The van der Waals surface area contributed by atoms with Crippen molar-refractivity contribution in [1.29, 1.82) is 0 Å². The summed E-state index contributed by atoms with van der Waals surface area (Å²) >= 11 is 6.48. The van der Waals surface area contributed by atoms with Crippen LogP contribution in [0.2, 0.25) is 0 Å². The fraction of sp³-hybridized carbons (Fsp3) is 0. The van der Waals surface area contributed by atoms with E-state index in [2.05, 4.69) is 4.98 Å². The average molecular weight is 237 g/mol. The SMILES string of the molecule is O=C(O)c1c(-c2ccsc2)cc[nH]c1=S. The summed E-state index contributed by atoms with van der Waals surface area (Å²) in [6, 6.07) is 3.60. The Morgan fingerprint density at radius 1 is 1.47 bits per heavy atom. The van der Waals surface area contributed by atoms with Crippen LogP contribution in [0.3, 0.4) is 0 Å². The molecular formula is C10H7NO2S2. The molecule has 0 unspecified atom stereocenters. The molecule has 0 aliphatic carbocycles. The Morgan fingerprint density at radius 2 is 2.27 bits per heavy atom. The summed E-state index contributed by atoms with van der Waals surface area (Å²) in [4.78, 5) is 13.8. The molecule has 0 bridgehead atoms. The van der Waals surface area contributed by atoms with Crippen molar-refractivity contribution in [2.24, 2.45) is 0 Å². The first kappa shape index (κ1) is 10.1. The van der Waals surface area contributed by atoms with Crippen molar-refractivity contribution in [2.45, 2.75) is 0 Å². The summed E-state index contributed by atoms with van der Waals surface area (Å²) in [7, 11) is 0. The van der Waals surface area contributed by atoms with Crippen molar-refractivity contribution >= 4 is 29.5 Å². The van der Waals surface area contributed by atoms with Crippen molar-refractivity contribution in [3.8, 4) is 11.1 Å². The van der Waals surface area contributed by atoms with E-state index in [1.807, 2.05) is 16.8 Å². The Morgan fingerprint density at radius 3 is 2.87 bits per heavy atom. The lowest BCUT2D eigenvalue weighted by Gasteiger charge is -2.03. The van der Waals surface area contributed by atoms with Crippen LogP contribution in [0.15, 0.2) is 29.1 Å². The number of thiophene rings is 1. The van der Waals surface area contributed by atoms with Crippen LogP contribution in [0.25, 0.3) is 11.1 Å². The molecule has 0 amide bonds. The molecule has 0 atom stereocenters. The maximum atomic E-state index is 11.1. The number of nitrogens with one attached hydrogen (secondary N) is 1. The van der Waals surface area contributed by atoms with Crippen LogP contribution in [0.4, 0.5) is 0 Å². The topological polar surface area (TPSA) is 53.1 Å². The highest BCUT2D eigenvalue weighted by Crippen LogP contribution is 2.25. The van der Waals surface area contributed by atoms with Crippen LogP contribution in [0.5, 0.6) is 0 Å². The monoisotopic (exact) mass is 237 g/mol. The largest absolute Gasteiger partial charge is 0.478 e. The van der Waals surface area contributed by atoms with Crippen molar-refractivity contribution in [3.05, 3.63) is 39.3 Å². The molecule has 2 N–H and O–H groups in total. The smallest absolute Gasteiger partial charge is 0.339 e. The fourth-order valence-electron chi connectivity index (χ4n) is 1.35. The highest BCUT2D eigenvalue weighted by atomic mass is 32.1. The van der Waals surface area contributed by atoms with Crippen molar-refractivity contribution in [3.63, 3.8) is 0 Å². The van der Waals surface area contributed by atoms with Crippen LogP contribution in [0.1, 0.15) is 10.4 Å². The minimum absolute atomic E-state index is 0.158. The third kappa shape index (κ3) is 1.84. The number of carboxylic acid groups (broad SMARTS) is 1. The van der Waals surface area contributed by atoms with Gasteiger partial charge in [-0.25, -0.2) is 4.79 Å². The minimum atomic E-state index is -1.00. The van der Waals surface area contributed by atoms with Gasteiger partial charge in [0.2, 0.25) is 0 Å². The van der Waals surface area contributed by atoms with Crippen LogP contribution in [-0.2, 0) is 0 Å². The van der Waals surface area contributed by atoms with Crippen LogP contribution < -0.4 is 0 Å². The van der Waals surface area contributed by atoms with Gasteiger partial charge < -0.3 is 10.1 Å². The molecule has 2 aromatic heterocycles. The molecule has 0 radical (unpaired) electrons. The van der Waals surface area contributed by atoms with E-state index in [1.165, 1.54) is 11.3 Å². The Labute approximate surface area is 95.0 Å². The van der Waals surface area contributed by atoms with Crippen LogP contribution in [-0.4, -0.2) is 16.1 Å². The molecule has 76 valence electrons. The zero-order valence-corrected chi connectivity index (χ0v) is 9.19. The van der Waals surface area contributed by atoms with E-state index in [4.69, 9.17) is 17.3 Å². The van der Waals surface area contributed by atoms with Gasteiger partial charge in [-0.15, -0.1) is 0 Å². The van der Waals surface area contributed by atoms with Gasteiger partial charge in [-0.3, -0.25) is 0 Å². The molecule has 2 aromatic rings. The number of carboxylic acids is 1. The van der Waals surface area contributed by atoms with Gasteiger partial charge in [0.15, 0.2) is 0 Å². The Bertz CT molecular complexity index is 543. The summed E-state index contributed by atoms with van der Waals surface area (Å²) in [5.74, 6) is -1.00. The molecule has 0 spiro atoms. The number of aromatic carboxylic acids is 1. The van der Waals surface area contributed by atoms with Gasteiger partial charge in [-0.2, -0.15) is 11.3 Å². The molecule has 0 aromatic carbocycles. The molecule has 0 aliphatic heterocycles. The highest BCUT2D eigenvalue weighted by molar-refractivity contribution is 7.71. The number of hydrogen-bond acceptors (Lipinski definition) is 3. The molecular weight excluding hydrogens is 230 g/mol. The fourth-order valence-corrected chi connectivity index (χ4v) is 2.27. The molecule has 0 aliphatic rings. The highest BCUT2D eigenvalue weighted by Gasteiger charge is 2.13. The average Bonchev–Trinajstić information content (AvgIpc) is 2.69. The molecule has 15 heavy (non-hydrogen) atoms. The Hall–Kier alpha value is -1.46. The predicted octanol–water partition coefficient (Wildman–Crippen LogP) is 3.17. The quantitative estimate of drug-likeness (QED) is 0.789. The Kier molecular flexibility index (Phi) is 2.66. The van der Waals surface area contributed by atoms with Gasteiger partial charge >= 0.3 is 5.97 Å². The number of aromatic amines is 1. The second-order valence-corrected chi connectivity index (χ2v) is 4.10. The summed E-state index contributed by atoms with van der Waals surface area (Å²) in [5, 5.41) is 12.9. The van der Waals surface area contributed by atoms with E-state index >= 15 is 0 Å².